The fourth-order valence-electron chi connectivity index (χ4n) is 6.92. The summed E-state index contributed by atoms with van der Waals surface area (Å²) in [5, 5.41) is 21.0. The first-order valence-corrected chi connectivity index (χ1v) is 17.0. The molecule has 45 heavy (non-hydrogen) atoms. The molecule has 0 aromatic heterocycles. The summed E-state index contributed by atoms with van der Waals surface area (Å²) in [6.45, 7) is 12.0. The highest BCUT2D eigenvalue weighted by atomic mass is 16.5. The number of benzene rings is 1. The van der Waals surface area contributed by atoms with Gasteiger partial charge in [0.2, 0.25) is 17.7 Å². The Hall–Kier alpha value is -2.69. The van der Waals surface area contributed by atoms with Crippen molar-refractivity contribution in [2.24, 2.45) is 17.8 Å². The number of likely N-dealkylation sites (tertiary alicyclic amines) is 1. The van der Waals surface area contributed by atoms with E-state index >= 15 is 0 Å². The SMILES string of the molecule is CC(C)[C@@H]1NC(=O)CCOCCCOc2ccc(cc2)C[C@@H]([C@H](O)CN2C[C@H]3CCCC[C@H]3C[C@H]2C(=O)NC(C)(C)C)NC1=O. The van der Waals surface area contributed by atoms with Crippen LogP contribution in [0.2, 0.25) is 0 Å². The third-order valence-electron chi connectivity index (χ3n) is 9.34. The molecule has 252 valence electrons. The van der Waals surface area contributed by atoms with Crippen molar-refractivity contribution in [3.05, 3.63) is 29.8 Å². The second kappa shape index (κ2) is 16.2. The van der Waals surface area contributed by atoms with Gasteiger partial charge in [0, 0.05) is 38.1 Å². The van der Waals surface area contributed by atoms with Crippen LogP contribution in [0.5, 0.6) is 5.75 Å². The van der Waals surface area contributed by atoms with E-state index in [1.165, 1.54) is 12.8 Å². The van der Waals surface area contributed by atoms with E-state index in [0.29, 0.717) is 37.9 Å². The Balaban J connectivity index is 1.57. The molecule has 1 saturated carbocycles. The second-order valence-corrected chi connectivity index (χ2v) is 14.6. The lowest BCUT2D eigenvalue weighted by atomic mass is 9.72. The minimum atomic E-state index is -0.947. The number of hydrogen-bond acceptors (Lipinski definition) is 7. The molecular weight excluding hydrogens is 572 g/mol. The molecule has 0 radical (unpaired) electrons. The molecular formula is C35H56N4O6. The van der Waals surface area contributed by atoms with Gasteiger partial charge >= 0.3 is 0 Å². The first kappa shape index (κ1) is 35.2. The summed E-state index contributed by atoms with van der Waals surface area (Å²) in [6.07, 6.45) is 5.76. The van der Waals surface area contributed by atoms with Crippen molar-refractivity contribution in [2.75, 3.05) is 32.9 Å². The van der Waals surface area contributed by atoms with Gasteiger partial charge < -0.3 is 30.5 Å². The number of aliphatic hydroxyl groups is 1. The summed E-state index contributed by atoms with van der Waals surface area (Å²) >= 11 is 0. The Labute approximate surface area is 269 Å². The number of piperidine rings is 1. The van der Waals surface area contributed by atoms with Crippen LogP contribution in [0.4, 0.5) is 0 Å². The zero-order chi connectivity index (χ0) is 32.6. The van der Waals surface area contributed by atoms with E-state index in [9.17, 15) is 19.5 Å². The van der Waals surface area contributed by atoms with Crippen LogP contribution < -0.4 is 20.7 Å². The number of carbonyl (C=O) groups is 3. The zero-order valence-electron chi connectivity index (χ0n) is 28.0. The van der Waals surface area contributed by atoms with Crippen molar-refractivity contribution in [1.82, 2.24) is 20.9 Å². The lowest BCUT2D eigenvalue weighted by molar-refractivity contribution is -0.134. The van der Waals surface area contributed by atoms with Gasteiger partial charge in [-0.2, -0.15) is 0 Å². The van der Waals surface area contributed by atoms with E-state index in [1.807, 2.05) is 58.9 Å². The molecule has 0 spiro atoms. The van der Waals surface area contributed by atoms with E-state index in [0.717, 1.165) is 37.1 Å². The molecule has 1 saturated heterocycles. The smallest absolute Gasteiger partial charge is 0.243 e. The van der Waals surface area contributed by atoms with Gasteiger partial charge in [0.1, 0.15) is 11.8 Å². The van der Waals surface area contributed by atoms with E-state index in [-0.39, 0.29) is 54.8 Å². The zero-order valence-corrected chi connectivity index (χ0v) is 28.0. The molecule has 3 heterocycles. The number of fused-ring (bicyclic) bond motifs is 16. The van der Waals surface area contributed by atoms with E-state index in [1.54, 1.807) is 0 Å². The molecule has 1 aliphatic carbocycles. The molecule has 10 heteroatoms. The monoisotopic (exact) mass is 628 g/mol. The van der Waals surface area contributed by atoms with Crippen LogP contribution in [0.15, 0.2) is 24.3 Å². The van der Waals surface area contributed by atoms with Gasteiger partial charge in [-0.1, -0.05) is 45.2 Å². The lowest BCUT2D eigenvalue weighted by Crippen LogP contribution is -2.61. The Morgan fingerprint density at radius 1 is 1.02 bits per heavy atom. The van der Waals surface area contributed by atoms with Crippen LogP contribution >= 0.6 is 0 Å². The number of nitrogens with one attached hydrogen (secondary N) is 3. The molecule has 2 bridgehead atoms. The maximum atomic E-state index is 13.7. The summed E-state index contributed by atoms with van der Waals surface area (Å²) in [5.41, 5.74) is 0.576. The molecule has 3 aliphatic heterocycles. The van der Waals surface area contributed by atoms with Gasteiger partial charge in [-0.25, -0.2) is 0 Å². The van der Waals surface area contributed by atoms with Gasteiger partial charge in [-0.3, -0.25) is 19.3 Å². The van der Waals surface area contributed by atoms with Crippen LogP contribution in [-0.2, 0) is 25.5 Å². The maximum Gasteiger partial charge on any atom is 0.243 e. The Morgan fingerprint density at radius 3 is 2.42 bits per heavy atom. The summed E-state index contributed by atoms with van der Waals surface area (Å²) in [4.78, 5) is 42.2. The number of rotatable bonds is 5. The highest BCUT2D eigenvalue weighted by Gasteiger charge is 2.42. The Morgan fingerprint density at radius 2 is 1.73 bits per heavy atom. The summed E-state index contributed by atoms with van der Waals surface area (Å²) in [5.74, 6) is 0.999. The second-order valence-electron chi connectivity index (χ2n) is 14.6. The fourth-order valence-corrected chi connectivity index (χ4v) is 6.92. The molecule has 2 fully saturated rings. The molecule has 4 N–H and O–H groups in total. The van der Waals surface area contributed by atoms with Crippen LogP contribution in [0.25, 0.3) is 0 Å². The summed E-state index contributed by atoms with van der Waals surface area (Å²) in [6, 6.07) is 5.98. The maximum absolute atomic E-state index is 13.7. The quantitative estimate of drug-likeness (QED) is 0.394. The standard InChI is InChI=1S/C35H56N4O6/c1-23(2)32-34(43)36-28(19-24-11-13-27(14-12-24)45-17-8-16-44-18-15-31(41)37-32)30(40)22-39-21-26-10-7-6-9-25(26)20-29(39)33(42)38-35(3,4)5/h11-14,23,25-26,28-30,32,40H,6-10,15-22H2,1-5H3,(H,36,43)(H,37,41)(H,38,42)/t25-,26+,28-,29-,30+,32-/m0/s1. The van der Waals surface area contributed by atoms with Gasteiger partial charge in [-0.05, 0) is 75.5 Å². The first-order valence-electron chi connectivity index (χ1n) is 17.0. The van der Waals surface area contributed by atoms with Crippen molar-refractivity contribution in [1.29, 1.82) is 0 Å². The molecule has 10 nitrogen and oxygen atoms in total. The van der Waals surface area contributed by atoms with Crippen molar-refractivity contribution >= 4 is 17.7 Å². The highest BCUT2D eigenvalue weighted by Crippen LogP contribution is 2.39. The predicted octanol–water partition coefficient (Wildman–Crippen LogP) is 3.20. The molecule has 1 aromatic rings. The number of carbonyl (C=O) groups excluding carboxylic acids is 3. The highest BCUT2D eigenvalue weighted by molar-refractivity contribution is 5.88. The number of ether oxygens (including phenoxy) is 2. The normalized spacial score (nSPS) is 28.6. The average Bonchev–Trinajstić information content (AvgIpc) is 2.98. The number of hydrogen-bond donors (Lipinski definition) is 4. The van der Waals surface area contributed by atoms with Crippen LogP contribution in [0.3, 0.4) is 0 Å². The molecule has 0 unspecified atom stereocenters. The van der Waals surface area contributed by atoms with E-state index < -0.39 is 18.2 Å². The van der Waals surface area contributed by atoms with Crippen molar-refractivity contribution in [3.8, 4) is 5.75 Å². The topological polar surface area (TPSA) is 129 Å². The number of β-amino-alcohol motifs (C(OH)–C–C–N with tert-alkyl or cyclic N) is 1. The van der Waals surface area contributed by atoms with Gasteiger partial charge in [0.05, 0.1) is 31.4 Å². The molecule has 6 atom stereocenters. The van der Waals surface area contributed by atoms with Crippen molar-refractivity contribution < 1.29 is 29.0 Å². The largest absolute Gasteiger partial charge is 0.494 e. The minimum absolute atomic E-state index is 0.00498. The van der Waals surface area contributed by atoms with Crippen molar-refractivity contribution in [2.45, 2.75) is 116 Å². The third-order valence-corrected chi connectivity index (χ3v) is 9.34. The van der Waals surface area contributed by atoms with Crippen LogP contribution in [0, 0.1) is 17.8 Å². The van der Waals surface area contributed by atoms with Gasteiger partial charge in [0.25, 0.3) is 0 Å². The molecule has 4 aliphatic rings. The minimum Gasteiger partial charge on any atom is -0.494 e. The Kier molecular flexibility index (Phi) is 12.7. The Bertz CT molecular complexity index is 1120. The average molecular weight is 629 g/mol. The fraction of sp³-hybridized carbons (Fsp3) is 0.743. The molecule has 3 amide bonds. The lowest BCUT2D eigenvalue weighted by Gasteiger charge is -2.47. The van der Waals surface area contributed by atoms with Crippen molar-refractivity contribution in [3.63, 3.8) is 0 Å². The van der Waals surface area contributed by atoms with Crippen LogP contribution in [0.1, 0.15) is 85.1 Å². The van der Waals surface area contributed by atoms with Crippen LogP contribution in [-0.4, -0.2) is 90.4 Å². The third kappa shape index (κ3) is 10.7. The number of amides is 3. The molecule has 5 rings (SSSR count). The predicted molar refractivity (Wildman–Crippen MR) is 174 cm³/mol. The first-order chi connectivity index (χ1) is 21.4. The van der Waals surface area contributed by atoms with E-state index in [2.05, 4.69) is 20.9 Å². The molecule has 1 aromatic carbocycles. The van der Waals surface area contributed by atoms with E-state index in [4.69, 9.17) is 9.47 Å². The number of aliphatic hydroxyl groups excluding tert-OH is 1. The summed E-state index contributed by atoms with van der Waals surface area (Å²) in [7, 11) is 0. The number of nitrogens with zero attached hydrogens (tertiary/aromatic N) is 1. The van der Waals surface area contributed by atoms with Gasteiger partial charge in [-0.15, -0.1) is 0 Å². The van der Waals surface area contributed by atoms with Gasteiger partial charge in [0.15, 0.2) is 0 Å². The summed E-state index contributed by atoms with van der Waals surface area (Å²) < 4.78 is 11.4.